The molecule has 146 valence electrons. The number of aryl methyl sites for hydroxylation is 1. The average Bonchev–Trinajstić information content (AvgIpc) is 3.15. The van der Waals surface area contributed by atoms with Crippen LogP contribution in [-0.4, -0.2) is 30.0 Å². The lowest BCUT2D eigenvalue weighted by Crippen LogP contribution is -2.31. The predicted molar refractivity (Wildman–Crippen MR) is 115 cm³/mol. The molecule has 4 rings (SSSR count). The summed E-state index contributed by atoms with van der Waals surface area (Å²) in [6.07, 6.45) is 3.84. The Hall–Kier alpha value is -2.75. The zero-order valence-electron chi connectivity index (χ0n) is 17.1. The van der Waals surface area contributed by atoms with Crippen molar-refractivity contribution in [3.05, 3.63) is 71.4 Å². The van der Waals surface area contributed by atoms with Crippen LogP contribution in [0.2, 0.25) is 0 Å². The van der Waals surface area contributed by atoms with Crippen molar-refractivity contribution < 1.29 is 4.74 Å². The molecule has 3 aromatic rings. The van der Waals surface area contributed by atoms with Crippen LogP contribution in [0.1, 0.15) is 48.9 Å². The van der Waals surface area contributed by atoms with E-state index in [4.69, 9.17) is 9.84 Å². The fourth-order valence-electron chi connectivity index (χ4n) is 4.13. The van der Waals surface area contributed by atoms with E-state index in [0.717, 1.165) is 24.5 Å². The predicted octanol–water partition coefficient (Wildman–Crippen LogP) is 5.33. The first kappa shape index (κ1) is 18.6. The molecule has 0 spiro atoms. The topological polar surface area (TPSA) is 30.3 Å². The number of hydrogen-bond donors (Lipinski definition) is 0. The summed E-state index contributed by atoms with van der Waals surface area (Å²) < 4.78 is 7.46. The summed E-state index contributed by atoms with van der Waals surface area (Å²) in [5, 5.41) is 4.88. The van der Waals surface area contributed by atoms with Gasteiger partial charge in [-0.05, 0) is 55.5 Å². The Balaban J connectivity index is 1.74. The molecule has 4 nitrogen and oxygen atoms in total. The van der Waals surface area contributed by atoms with Gasteiger partial charge in [0.25, 0.3) is 0 Å². The molecule has 1 aliphatic rings. The number of ether oxygens (including phenoxy) is 1. The molecule has 1 aliphatic heterocycles. The SMILES string of the molecule is COc1ccc([C@H](C)c2ccccc2-n2nc(C)cc2N2CCCCC2)cc1. The van der Waals surface area contributed by atoms with Crippen LogP contribution in [0.3, 0.4) is 0 Å². The Kier molecular flexibility index (Phi) is 5.38. The van der Waals surface area contributed by atoms with E-state index in [9.17, 15) is 0 Å². The normalized spacial score (nSPS) is 15.5. The lowest BCUT2D eigenvalue weighted by Gasteiger charge is -2.29. The molecule has 1 fully saturated rings. The quantitative estimate of drug-likeness (QED) is 0.604. The minimum atomic E-state index is 0.265. The van der Waals surface area contributed by atoms with E-state index in [-0.39, 0.29) is 5.92 Å². The molecule has 0 aliphatic carbocycles. The largest absolute Gasteiger partial charge is 0.497 e. The van der Waals surface area contributed by atoms with Crippen LogP contribution in [0.25, 0.3) is 5.69 Å². The summed E-state index contributed by atoms with van der Waals surface area (Å²) >= 11 is 0. The smallest absolute Gasteiger partial charge is 0.132 e. The Bertz CT molecular complexity index is 923. The number of benzene rings is 2. The second kappa shape index (κ2) is 8.09. The molecule has 4 heteroatoms. The van der Waals surface area contributed by atoms with Gasteiger partial charge in [-0.15, -0.1) is 0 Å². The fraction of sp³-hybridized carbons (Fsp3) is 0.375. The van der Waals surface area contributed by atoms with Gasteiger partial charge in [-0.2, -0.15) is 5.10 Å². The number of methoxy groups -OCH3 is 1. The van der Waals surface area contributed by atoms with Crippen LogP contribution in [0, 0.1) is 6.92 Å². The van der Waals surface area contributed by atoms with Gasteiger partial charge in [-0.1, -0.05) is 37.3 Å². The summed E-state index contributed by atoms with van der Waals surface area (Å²) in [6.45, 7) is 6.57. The lowest BCUT2D eigenvalue weighted by molar-refractivity contribution is 0.414. The summed E-state index contributed by atoms with van der Waals surface area (Å²) in [4.78, 5) is 2.48. The molecule has 0 radical (unpaired) electrons. The van der Waals surface area contributed by atoms with E-state index >= 15 is 0 Å². The highest BCUT2D eigenvalue weighted by atomic mass is 16.5. The van der Waals surface area contributed by atoms with E-state index < -0.39 is 0 Å². The van der Waals surface area contributed by atoms with E-state index in [0.29, 0.717) is 0 Å². The third-order valence-corrected chi connectivity index (χ3v) is 5.74. The van der Waals surface area contributed by atoms with Crippen molar-refractivity contribution in [2.24, 2.45) is 0 Å². The Labute approximate surface area is 167 Å². The second-order valence-corrected chi connectivity index (χ2v) is 7.66. The summed E-state index contributed by atoms with van der Waals surface area (Å²) in [5.41, 5.74) is 4.79. The van der Waals surface area contributed by atoms with Gasteiger partial charge < -0.3 is 9.64 Å². The first-order chi connectivity index (χ1) is 13.7. The van der Waals surface area contributed by atoms with Gasteiger partial charge in [0.1, 0.15) is 11.6 Å². The Morgan fingerprint density at radius 1 is 0.964 bits per heavy atom. The first-order valence-corrected chi connectivity index (χ1v) is 10.2. The van der Waals surface area contributed by atoms with Gasteiger partial charge in [0, 0.05) is 25.1 Å². The minimum absolute atomic E-state index is 0.265. The van der Waals surface area contributed by atoms with Crippen LogP contribution in [0.15, 0.2) is 54.6 Å². The maximum absolute atomic E-state index is 5.31. The van der Waals surface area contributed by atoms with E-state index in [1.54, 1.807) is 7.11 Å². The summed E-state index contributed by atoms with van der Waals surface area (Å²) in [5.74, 6) is 2.37. The number of anilines is 1. The molecule has 2 aromatic carbocycles. The van der Waals surface area contributed by atoms with Gasteiger partial charge in [-0.25, -0.2) is 4.68 Å². The number of hydrogen-bond acceptors (Lipinski definition) is 3. The summed E-state index contributed by atoms with van der Waals surface area (Å²) in [6, 6.07) is 19.2. The van der Waals surface area contributed by atoms with Crippen molar-refractivity contribution in [1.82, 2.24) is 9.78 Å². The molecule has 28 heavy (non-hydrogen) atoms. The van der Waals surface area contributed by atoms with Crippen LogP contribution in [0.5, 0.6) is 5.75 Å². The molecule has 0 unspecified atom stereocenters. The molecule has 0 saturated carbocycles. The zero-order valence-corrected chi connectivity index (χ0v) is 17.1. The standard InChI is InChI=1S/C24H29N3O/c1-18-17-24(26-15-7-4-8-16-26)27(25-18)23-10-6-5-9-22(23)19(2)20-11-13-21(28-3)14-12-20/h5-6,9-14,17,19H,4,7-8,15-16H2,1-3H3/t19-/m0/s1. The third kappa shape index (κ3) is 3.64. The van der Waals surface area contributed by atoms with Gasteiger partial charge in [-0.3, -0.25) is 0 Å². The van der Waals surface area contributed by atoms with E-state index in [1.165, 1.54) is 41.9 Å². The molecule has 0 N–H and O–H groups in total. The molecule has 1 atom stereocenters. The van der Waals surface area contributed by atoms with Crippen molar-refractivity contribution in [1.29, 1.82) is 0 Å². The second-order valence-electron chi connectivity index (χ2n) is 7.66. The van der Waals surface area contributed by atoms with Gasteiger partial charge >= 0.3 is 0 Å². The van der Waals surface area contributed by atoms with Gasteiger partial charge in [0.05, 0.1) is 18.5 Å². The number of aromatic nitrogens is 2. The van der Waals surface area contributed by atoms with E-state index in [1.807, 2.05) is 12.1 Å². The Morgan fingerprint density at radius 2 is 1.68 bits per heavy atom. The highest BCUT2D eigenvalue weighted by molar-refractivity contribution is 5.54. The van der Waals surface area contributed by atoms with Crippen LogP contribution in [0.4, 0.5) is 5.82 Å². The molecule has 0 amide bonds. The fourth-order valence-corrected chi connectivity index (χ4v) is 4.13. The lowest BCUT2D eigenvalue weighted by atomic mass is 9.92. The number of piperidine rings is 1. The molecule has 1 saturated heterocycles. The van der Waals surface area contributed by atoms with Gasteiger partial charge in [0.2, 0.25) is 0 Å². The van der Waals surface area contributed by atoms with Crippen LogP contribution in [-0.2, 0) is 0 Å². The molecular formula is C24H29N3O. The van der Waals surface area contributed by atoms with Crippen molar-refractivity contribution >= 4 is 5.82 Å². The maximum Gasteiger partial charge on any atom is 0.132 e. The number of nitrogens with zero attached hydrogens (tertiary/aromatic N) is 3. The van der Waals surface area contributed by atoms with Crippen molar-refractivity contribution in [3.63, 3.8) is 0 Å². The van der Waals surface area contributed by atoms with E-state index in [2.05, 4.69) is 65.9 Å². The molecule has 0 bridgehead atoms. The third-order valence-electron chi connectivity index (χ3n) is 5.74. The van der Waals surface area contributed by atoms with Crippen LogP contribution < -0.4 is 9.64 Å². The zero-order chi connectivity index (χ0) is 19.5. The van der Waals surface area contributed by atoms with Crippen molar-refractivity contribution in [2.45, 2.75) is 39.0 Å². The number of rotatable bonds is 5. The van der Waals surface area contributed by atoms with Gasteiger partial charge in [0.15, 0.2) is 0 Å². The Morgan fingerprint density at radius 3 is 2.39 bits per heavy atom. The molecule has 2 heterocycles. The van der Waals surface area contributed by atoms with Crippen molar-refractivity contribution in [3.8, 4) is 11.4 Å². The van der Waals surface area contributed by atoms with Crippen molar-refractivity contribution in [2.75, 3.05) is 25.1 Å². The number of para-hydroxylation sites is 1. The molecular weight excluding hydrogens is 346 g/mol. The highest BCUT2D eigenvalue weighted by Crippen LogP contribution is 2.33. The monoisotopic (exact) mass is 375 g/mol. The minimum Gasteiger partial charge on any atom is -0.497 e. The van der Waals surface area contributed by atoms with Crippen LogP contribution >= 0.6 is 0 Å². The first-order valence-electron chi connectivity index (χ1n) is 10.2. The maximum atomic E-state index is 5.31. The highest BCUT2D eigenvalue weighted by Gasteiger charge is 2.21. The average molecular weight is 376 g/mol. The molecule has 1 aromatic heterocycles. The summed E-state index contributed by atoms with van der Waals surface area (Å²) in [7, 11) is 1.70.